The van der Waals surface area contributed by atoms with Crippen molar-refractivity contribution in [3.63, 3.8) is 0 Å². The molecule has 1 aliphatic rings. The summed E-state index contributed by atoms with van der Waals surface area (Å²) in [5.41, 5.74) is 4.32. The topological polar surface area (TPSA) is 93.3 Å². The fraction of sp³-hybridized carbons (Fsp3) is 0.364. The maximum Gasteiger partial charge on any atom is 0.291 e. The van der Waals surface area contributed by atoms with E-state index < -0.39 is 0 Å². The van der Waals surface area contributed by atoms with E-state index in [-0.39, 0.29) is 23.5 Å². The smallest absolute Gasteiger partial charge is 0.291 e. The zero-order valence-electron chi connectivity index (χ0n) is 17.4. The van der Waals surface area contributed by atoms with Gasteiger partial charge in [-0.2, -0.15) is 5.10 Å². The number of nitrogens with zero attached hydrogens (tertiary/aromatic N) is 4. The lowest BCUT2D eigenvalue weighted by atomic mass is 9.95. The van der Waals surface area contributed by atoms with Crippen molar-refractivity contribution in [1.82, 2.24) is 19.7 Å². The third-order valence-electron chi connectivity index (χ3n) is 5.48. The summed E-state index contributed by atoms with van der Waals surface area (Å²) in [4.78, 5) is 30.9. The van der Waals surface area contributed by atoms with Gasteiger partial charge in [0.15, 0.2) is 6.39 Å². The molecule has 156 valence electrons. The Balaban J connectivity index is 1.33. The summed E-state index contributed by atoms with van der Waals surface area (Å²) < 4.78 is 7.07. The molecule has 0 saturated carbocycles. The van der Waals surface area contributed by atoms with E-state index in [4.69, 9.17) is 4.42 Å². The number of oxazole rings is 1. The van der Waals surface area contributed by atoms with Crippen molar-refractivity contribution in [2.24, 2.45) is 5.92 Å². The van der Waals surface area contributed by atoms with Crippen molar-refractivity contribution < 1.29 is 14.0 Å². The van der Waals surface area contributed by atoms with E-state index in [0.29, 0.717) is 31.6 Å². The predicted molar refractivity (Wildman–Crippen MR) is 112 cm³/mol. The minimum Gasteiger partial charge on any atom is -0.438 e. The van der Waals surface area contributed by atoms with E-state index in [1.165, 1.54) is 6.39 Å². The Labute approximate surface area is 174 Å². The molecule has 3 heterocycles. The third kappa shape index (κ3) is 3.98. The lowest BCUT2D eigenvalue weighted by Crippen LogP contribution is -2.41. The Morgan fingerprint density at radius 2 is 1.80 bits per heavy atom. The first-order valence-electron chi connectivity index (χ1n) is 10.1. The van der Waals surface area contributed by atoms with Gasteiger partial charge in [0.1, 0.15) is 0 Å². The second-order valence-electron chi connectivity index (χ2n) is 7.71. The van der Waals surface area contributed by atoms with Gasteiger partial charge in [0.05, 0.1) is 17.1 Å². The number of hydrogen-bond donors (Lipinski definition) is 1. The summed E-state index contributed by atoms with van der Waals surface area (Å²) in [6.07, 6.45) is 2.52. The molecule has 8 nitrogen and oxygen atoms in total. The number of aryl methyl sites for hydroxylation is 3. The van der Waals surface area contributed by atoms with Crippen molar-refractivity contribution in [1.29, 1.82) is 0 Å². The molecule has 0 spiro atoms. The van der Waals surface area contributed by atoms with Crippen LogP contribution in [0, 0.1) is 26.7 Å². The first kappa shape index (κ1) is 19.9. The number of rotatable bonds is 4. The van der Waals surface area contributed by atoms with Crippen LogP contribution in [0.4, 0.5) is 5.69 Å². The quantitative estimate of drug-likeness (QED) is 0.716. The number of hydrogen-bond acceptors (Lipinski definition) is 5. The highest BCUT2D eigenvalue weighted by Crippen LogP contribution is 2.22. The normalized spacial score (nSPS) is 14.7. The van der Waals surface area contributed by atoms with Gasteiger partial charge in [0.2, 0.25) is 11.7 Å². The van der Waals surface area contributed by atoms with E-state index >= 15 is 0 Å². The van der Waals surface area contributed by atoms with Crippen LogP contribution >= 0.6 is 0 Å². The lowest BCUT2D eigenvalue weighted by Gasteiger charge is -2.30. The molecule has 4 rings (SSSR count). The average Bonchev–Trinajstić information content (AvgIpc) is 3.32. The second-order valence-corrected chi connectivity index (χ2v) is 7.71. The van der Waals surface area contributed by atoms with Gasteiger partial charge in [0.25, 0.3) is 5.91 Å². The third-order valence-corrected chi connectivity index (χ3v) is 5.48. The summed E-state index contributed by atoms with van der Waals surface area (Å²) in [5.74, 6) is -0.0263. The van der Waals surface area contributed by atoms with Crippen LogP contribution in [0.3, 0.4) is 0 Å². The molecule has 0 bridgehead atoms. The Morgan fingerprint density at radius 1 is 1.10 bits per heavy atom. The van der Waals surface area contributed by atoms with Crippen LogP contribution in [-0.2, 0) is 4.79 Å². The Kier molecular flexibility index (Phi) is 5.39. The standard InChI is InChI=1S/C22H25N5O3/c1-14-12-15(2)27(25-14)19-6-4-18(5-7-19)24-21(28)17-8-10-26(11-9-17)22(29)20-16(3)23-13-30-20/h4-7,12-13,17H,8-11H2,1-3H3,(H,24,28). The van der Waals surface area contributed by atoms with E-state index in [9.17, 15) is 9.59 Å². The monoisotopic (exact) mass is 407 g/mol. The number of amides is 2. The SMILES string of the molecule is Cc1cc(C)n(-c2ccc(NC(=O)C3CCN(C(=O)c4ocnc4C)CC3)cc2)n1. The van der Waals surface area contributed by atoms with Crippen LogP contribution in [-0.4, -0.2) is 44.6 Å². The van der Waals surface area contributed by atoms with Crippen molar-refractivity contribution in [3.8, 4) is 5.69 Å². The number of aromatic nitrogens is 3. The van der Waals surface area contributed by atoms with Gasteiger partial charge in [-0.05, 0) is 63.9 Å². The number of benzene rings is 1. The average molecular weight is 407 g/mol. The molecule has 1 saturated heterocycles. The summed E-state index contributed by atoms with van der Waals surface area (Å²) in [5, 5.41) is 7.47. The van der Waals surface area contributed by atoms with Gasteiger partial charge in [-0.1, -0.05) is 0 Å². The van der Waals surface area contributed by atoms with E-state index in [1.54, 1.807) is 11.8 Å². The molecule has 0 radical (unpaired) electrons. The van der Waals surface area contributed by atoms with Crippen molar-refractivity contribution in [2.45, 2.75) is 33.6 Å². The van der Waals surface area contributed by atoms with Gasteiger partial charge in [-0.15, -0.1) is 0 Å². The fourth-order valence-electron chi connectivity index (χ4n) is 3.82. The number of likely N-dealkylation sites (tertiary alicyclic amines) is 1. The fourth-order valence-corrected chi connectivity index (χ4v) is 3.82. The van der Waals surface area contributed by atoms with Crippen LogP contribution in [0.5, 0.6) is 0 Å². The van der Waals surface area contributed by atoms with Crippen molar-refractivity contribution in [3.05, 3.63) is 59.6 Å². The van der Waals surface area contributed by atoms with E-state index in [0.717, 1.165) is 22.8 Å². The summed E-state index contributed by atoms with van der Waals surface area (Å²) in [7, 11) is 0. The van der Waals surface area contributed by atoms with E-state index in [1.807, 2.05) is 48.9 Å². The van der Waals surface area contributed by atoms with Gasteiger partial charge in [-0.25, -0.2) is 9.67 Å². The van der Waals surface area contributed by atoms with Gasteiger partial charge in [-0.3, -0.25) is 9.59 Å². The Bertz CT molecular complexity index is 1060. The minimum absolute atomic E-state index is 0.0168. The first-order valence-corrected chi connectivity index (χ1v) is 10.1. The minimum atomic E-state index is -0.163. The van der Waals surface area contributed by atoms with Gasteiger partial charge < -0.3 is 14.6 Å². The van der Waals surface area contributed by atoms with Gasteiger partial charge >= 0.3 is 0 Å². The van der Waals surface area contributed by atoms with Crippen LogP contribution in [0.1, 0.15) is 40.5 Å². The summed E-state index contributed by atoms with van der Waals surface area (Å²) in [6.45, 7) is 6.76. The summed E-state index contributed by atoms with van der Waals surface area (Å²) in [6, 6.07) is 9.67. The molecule has 30 heavy (non-hydrogen) atoms. The highest BCUT2D eigenvalue weighted by Gasteiger charge is 2.29. The lowest BCUT2D eigenvalue weighted by molar-refractivity contribution is -0.121. The predicted octanol–water partition coefficient (Wildman–Crippen LogP) is 3.28. The zero-order valence-corrected chi connectivity index (χ0v) is 17.4. The number of nitrogens with one attached hydrogen (secondary N) is 1. The molecule has 8 heteroatoms. The molecule has 0 aliphatic carbocycles. The maximum atomic E-state index is 12.7. The number of anilines is 1. The number of carbonyl (C=O) groups excluding carboxylic acids is 2. The highest BCUT2D eigenvalue weighted by molar-refractivity contribution is 5.94. The Hall–Kier alpha value is -3.42. The number of carbonyl (C=O) groups is 2. The molecule has 1 aliphatic heterocycles. The molecule has 2 aromatic heterocycles. The van der Waals surface area contributed by atoms with Gasteiger partial charge in [0, 0.05) is 30.4 Å². The molecule has 0 atom stereocenters. The molecule has 1 N–H and O–H groups in total. The van der Waals surface area contributed by atoms with Crippen LogP contribution in [0.15, 0.2) is 41.1 Å². The van der Waals surface area contributed by atoms with Crippen LogP contribution < -0.4 is 5.32 Å². The zero-order chi connectivity index (χ0) is 21.3. The number of piperidine rings is 1. The molecule has 1 aromatic carbocycles. The molecule has 0 unspecified atom stereocenters. The largest absolute Gasteiger partial charge is 0.438 e. The molecule has 1 fully saturated rings. The Morgan fingerprint density at radius 3 is 2.37 bits per heavy atom. The maximum absolute atomic E-state index is 12.7. The molecular formula is C22H25N5O3. The summed E-state index contributed by atoms with van der Waals surface area (Å²) >= 11 is 0. The second kappa shape index (κ2) is 8.14. The van der Waals surface area contributed by atoms with Crippen LogP contribution in [0.25, 0.3) is 5.69 Å². The highest BCUT2D eigenvalue weighted by atomic mass is 16.3. The first-order chi connectivity index (χ1) is 14.4. The van der Waals surface area contributed by atoms with Crippen LogP contribution in [0.2, 0.25) is 0 Å². The molecular weight excluding hydrogens is 382 g/mol. The van der Waals surface area contributed by atoms with Crippen molar-refractivity contribution in [2.75, 3.05) is 18.4 Å². The molecule has 3 aromatic rings. The van der Waals surface area contributed by atoms with Crippen molar-refractivity contribution >= 4 is 17.5 Å². The van der Waals surface area contributed by atoms with E-state index in [2.05, 4.69) is 15.4 Å². The molecule has 2 amide bonds.